The first-order valence-corrected chi connectivity index (χ1v) is 7.44. The van der Waals surface area contributed by atoms with Gasteiger partial charge in [0.1, 0.15) is 5.82 Å². The summed E-state index contributed by atoms with van der Waals surface area (Å²) in [4.78, 5) is 8.04. The van der Waals surface area contributed by atoms with E-state index in [0.717, 1.165) is 10.0 Å². The summed E-state index contributed by atoms with van der Waals surface area (Å²) in [6.45, 7) is 3.95. The zero-order chi connectivity index (χ0) is 14.4. The number of rotatable bonds is 6. The standard InChI is InChI=1S/C14H15BrClN3O/c1-2-20-9-11-6-4-3-5-10(11)7-17-13-12(15)8-18-14(16)19-13/h3-6,8H,2,7,9H2,1H3,(H,17,18,19). The first-order valence-electron chi connectivity index (χ1n) is 6.27. The molecule has 0 radical (unpaired) electrons. The highest BCUT2D eigenvalue weighted by molar-refractivity contribution is 9.10. The predicted octanol–water partition coefficient (Wildman–Crippen LogP) is 4.04. The minimum atomic E-state index is 0.221. The molecule has 106 valence electrons. The van der Waals surface area contributed by atoms with Crippen LogP contribution in [0, 0.1) is 0 Å². The number of nitrogens with one attached hydrogen (secondary N) is 1. The third-order valence-electron chi connectivity index (χ3n) is 2.74. The number of aromatic nitrogens is 2. The van der Waals surface area contributed by atoms with Crippen LogP contribution in [0.15, 0.2) is 34.9 Å². The van der Waals surface area contributed by atoms with Gasteiger partial charge in [-0.2, -0.15) is 4.98 Å². The van der Waals surface area contributed by atoms with Crippen molar-refractivity contribution in [1.29, 1.82) is 0 Å². The van der Waals surface area contributed by atoms with Crippen molar-refractivity contribution in [2.45, 2.75) is 20.1 Å². The number of benzene rings is 1. The zero-order valence-corrected chi connectivity index (χ0v) is 13.4. The summed E-state index contributed by atoms with van der Waals surface area (Å²) in [5.74, 6) is 0.677. The molecule has 0 fully saturated rings. The van der Waals surface area contributed by atoms with Gasteiger partial charge in [-0.1, -0.05) is 24.3 Å². The van der Waals surface area contributed by atoms with Gasteiger partial charge in [-0.25, -0.2) is 4.98 Å². The molecular formula is C14H15BrClN3O. The van der Waals surface area contributed by atoms with E-state index < -0.39 is 0 Å². The monoisotopic (exact) mass is 355 g/mol. The molecule has 0 saturated carbocycles. The van der Waals surface area contributed by atoms with E-state index >= 15 is 0 Å². The Kier molecular flexibility index (Phi) is 5.76. The maximum absolute atomic E-state index is 5.80. The van der Waals surface area contributed by atoms with Crippen molar-refractivity contribution in [2.24, 2.45) is 0 Å². The molecule has 0 aliphatic rings. The lowest BCUT2D eigenvalue weighted by atomic mass is 10.1. The lowest BCUT2D eigenvalue weighted by Gasteiger charge is -2.11. The summed E-state index contributed by atoms with van der Waals surface area (Å²) >= 11 is 9.19. The Morgan fingerprint density at radius 2 is 2.05 bits per heavy atom. The van der Waals surface area contributed by atoms with Gasteiger partial charge >= 0.3 is 0 Å². The summed E-state index contributed by atoms with van der Waals surface area (Å²) in [5.41, 5.74) is 2.33. The lowest BCUT2D eigenvalue weighted by Crippen LogP contribution is -2.06. The topological polar surface area (TPSA) is 47.0 Å². The van der Waals surface area contributed by atoms with E-state index in [2.05, 4.69) is 43.3 Å². The van der Waals surface area contributed by atoms with Crippen LogP contribution in [-0.4, -0.2) is 16.6 Å². The van der Waals surface area contributed by atoms with Gasteiger partial charge in [0.2, 0.25) is 5.28 Å². The highest BCUT2D eigenvalue weighted by atomic mass is 79.9. The van der Waals surface area contributed by atoms with E-state index in [1.165, 1.54) is 5.56 Å². The van der Waals surface area contributed by atoms with Gasteiger partial charge in [-0.05, 0) is 45.6 Å². The van der Waals surface area contributed by atoms with Crippen LogP contribution in [0.5, 0.6) is 0 Å². The largest absolute Gasteiger partial charge is 0.377 e. The molecule has 0 unspecified atom stereocenters. The second-order valence-corrected chi connectivity index (χ2v) is 5.29. The molecule has 6 heteroatoms. The third kappa shape index (κ3) is 4.16. The first-order chi connectivity index (χ1) is 9.70. The minimum Gasteiger partial charge on any atom is -0.377 e. The van der Waals surface area contributed by atoms with Gasteiger partial charge < -0.3 is 10.1 Å². The van der Waals surface area contributed by atoms with Crippen molar-refractivity contribution in [2.75, 3.05) is 11.9 Å². The molecular weight excluding hydrogens is 342 g/mol. The predicted molar refractivity (Wildman–Crippen MR) is 83.8 cm³/mol. The van der Waals surface area contributed by atoms with Crippen LogP contribution in [0.2, 0.25) is 5.28 Å². The van der Waals surface area contributed by atoms with Gasteiger partial charge in [0.05, 0.1) is 11.1 Å². The normalized spacial score (nSPS) is 10.6. The Morgan fingerprint density at radius 3 is 2.80 bits per heavy atom. The highest BCUT2D eigenvalue weighted by Crippen LogP contribution is 2.21. The third-order valence-corrected chi connectivity index (χ3v) is 3.50. The number of nitrogens with zero attached hydrogens (tertiary/aromatic N) is 2. The smallest absolute Gasteiger partial charge is 0.224 e. The van der Waals surface area contributed by atoms with E-state index in [1.807, 2.05) is 19.1 Å². The lowest BCUT2D eigenvalue weighted by molar-refractivity contribution is 0.133. The van der Waals surface area contributed by atoms with Crippen molar-refractivity contribution >= 4 is 33.3 Å². The minimum absolute atomic E-state index is 0.221. The fourth-order valence-corrected chi connectivity index (χ4v) is 2.20. The Hall–Kier alpha value is -1.17. The number of hydrogen-bond acceptors (Lipinski definition) is 4. The van der Waals surface area contributed by atoms with Gasteiger partial charge in [0, 0.05) is 19.3 Å². The van der Waals surface area contributed by atoms with Crippen LogP contribution in [0.25, 0.3) is 0 Å². The SMILES string of the molecule is CCOCc1ccccc1CNc1nc(Cl)ncc1Br. The molecule has 0 aliphatic heterocycles. The number of anilines is 1. The molecule has 0 spiro atoms. The van der Waals surface area contributed by atoms with Crippen molar-refractivity contribution < 1.29 is 4.74 Å². The second kappa shape index (κ2) is 7.57. The van der Waals surface area contributed by atoms with E-state index in [1.54, 1.807) is 6.20 Å². The van der Waals surface area contributed by atoms with E-state index in [0.29, 0.717) is 25.6 Å². The van der Waals surface area contributed by atoms with Crippen molar-refractivity contribution in [3.63, 3.8) is 0 Å². The summed E-state index contributed by atoms with van der Waals surface area (Å²) in [6, 6.07) is 8.15. The van der Waals surface area contributed by atoms with Crippen LogP contribution in [0.1, 0.15) is 18.1 Å². The fourth-order valence-electron chi connectivity index (χ4n) is 1.73. The molecule has 20 heavy (non-hydrogen) atoms. The Labute approximate surface area is 131 Å². The van der Waals surface area contributed by atoms with Crippen LogP contribution < -0.4 is 5.32 Å². The van der Waals surface area contributed by atoms with E-state index in [-0.39, 0.29) is 5.28 Å². The molecule has 0 bridgehead atoms. The Balaban J connectivity index is 2.08. The van der Waals surface area contributed by atoms with Gasteiger partial charge in [-0.15, -0.1) is 0 Å². The zero-order valence-electron chi connectivity index (χ0n) is 11.1. The van der Waals surface area contributed by atoms with Gasteiger partial charge in [0.25, 0.3) is 0 Å². The maximum Gasteiger partial charge on any atom is 0.224 e. The molecule has 2 aromatic rings. The summed E-state index contributed by atoms with van der Waals surface area (Å²) < 4.78 is 6.25. The molecule has 0 amide bonds. The summed E-state index contributed by atoms with van der Waals surface area (Å²) in [6.07, 6.45) is 1.63. The fraction of sp³-hybridized carbons (Fsp3) is 0.286. The summed E-state index contributed by atoms with van der Waals surface area (Å²) in [5, 5.41) is 3.47. The summed E-state index contributed by atoms with van der Waals surface area (Å²) in [7, 11) is 0. The molecule has 1 heterocycles. The molecule has 4 nitrogen and oxygen atoms in total. The molecule has 1 aromatic carbocycles. The van der Waals surface area contributed by atoms with Crippen molar-refractivity contribution in [1.82, 2.24) is 9.97 Å². The average Bonchev–Trinajstić information content (AvgIpc) is 2.47. The maximum atomic E-state index is 5.80. The number of hydrogen-bond donors (Lipinski definition) is 1. The van der Waals surface area contributed by atoms with Crippen LogP contribution in [-0.2, 0) is 17.9 Å². The molecule has 0 atom stereocenters. The van der Waals surface area contributed by atoms with Crippen LogP contribution in [0.4, 0.5) is 5.82 Å². The van der Waals surface area contributed by atoms with Crippen molar-refractivity contribution in [3.05, 3.63) is 51.3 Å². The molecule has 1 aromatic heterocycles. The molecule has 0 saturated heterocycles. The quantitative estimate of drug-likeness (QED) is 0.794. The van der Waals surface area contributed by atoms with Crippen LogP contribution in [0.3, 0.4) is 0 Å². The van der Waals surface area contributed by atoms with E-state index in [9.17, 15) is 0 Å². The van der Waals surface area contributed by atoms with Gasteiger partial charge in [-0.3, -0.25) is 0 Å². The second-order valence-electron chi connectivity index (χ2n) is 4.09. The van der Waals surface area contributed by atoms with Gasteiger partial charge in [0.15, 0.2) is 0 Å². The molecule has 1 N–H and O–H groups in total. The Bertz CT molecular complexity index is 580. The number of ether oxygens (including phenoxy) is 1. The Morgan fingerprint density at radius 1 is 1.30 bits per heavy atom. The highest BCUT2D eigenvalue weighted by Gasteiger charge is 2.06. The molecule has 0 aliphatic carbocycles. The molecule has 2 rings (SSSR count). The number of halogens is 2. The van der Waals surface area contributed by atoms with Crippen molar-refractivity contribution in [3.8, 4) is 0 Å². The first kappa shape index (κ1) is 15.2. The van der Waals surface area contributed by atoms with Crippen LogP contribution >= 0.6 is 27.5 Å². The van der Waals surface area contributed by atoms with E-state index in [4.69, 9.17) is 16.3 Å². The average molecular weight is 357 g/mol.